The van der Waals surface area contributed by atoms with E-state index in [0.29, 0.717) is 37.1 Å². The van der Waals surface area contributed by atoms with E-state index < -0.39 is 17.7 Å². The van der Waals surface area contributed by atoms with Gasteiger partial charge < -0.3 is 9.64 Å². The Bertz CT molecular complexity index is 1280. The Hall–Kier alpha value is -3.14. The second-order valence-electron chi connectivity index (χ2n) is 10.4. The van der Waals surface area contributed by atoms with Crippen molar-refractivity contribution in [2.75, 3.05) is 39.8 Å². The quantitative estimate of drug-likeness (QED) is 0.389. The van der Waals surface area contributed by atoms with Crippen molar-refractivity contribution in [1.82, 2.24) is 19.7 Å². The summed E-state index contributed by atoms with van der Waals surface area (Å²) >= 11 is 0. The van der Waals surface area contributed by atoms with Gasteiger partial charge in [0, 0.05) is 56.4 Å². The first-order valence-corrected chi connectivity index (χ1v) is 13.2. The summed E-state index contributed by atoms with van der Waals surface area (Å²) in [6.45, 7) is 7.65. The second-order valence-corrected chi connectivity index (χ2v) is 10.4. The van der Waals surface area contributed by atoms with Gasteiger partial charge in [-0.2, -0.15) is 5.06 Å². The molecule has 3 aromatic rings. The molecule has 2 aliphatic rings. The van der Waals surface area contributed by atoms with Crippen molar-refractivity contribution in [3.63, 3.8) is 0 Å². The van der Waals surface area contributed by atoms with Gasteiger partial charge in [0.25, 0.3) is 0 Å². The maximum Gasteiger partial charge on any atom is 0.236 e. The highest BCUT2D eigenvalue weighted by atomic mass is 19.2. The van der Waals surface area contributed by atoms with Crippen LogP contribution in [0.1, 0.15) is 36.3 Å². The lowest BCUT2D eigenvalue weighted by molar-refractivity contribution is -0.146. The van der Waals surface area contributed by atoms with Crippen LogP contribution in [-0.2, 0) is 16.1 Å². The zero-order valence-corrected chi connectivity index (χ0v) is 22.1. The molecule has 0 unspecified atom stereocenters. The summed E-state index contributed by atoms with van der Waals surface area (Å²) < 4.78 is 35.4. The van der Waals surface area contributed by atoms with Crippen LogP contribution in [0.25, 0.3) is 5.69 Å². The van der Waals surface area contributed by atoms with Crippen LogP contribution in [0.15, 0.2) is 48.5 Å². The number of rotatable bonds is 10. The van der Waals surface area contributed by atoms with Crippen molar-refractivity contribution in [3.05, 3.63) is 77.0 Å². The molecule has 9 heteroatoms. The van der Waals surface area contributed by atoms with Crippen LogP contribution in [0.3, 0.4) is 0 Å². The van der Waals surface area contributed by atoms with Crippen molar-refractivity contribution < 1.29 is 23.1 Å². The highest BCUT2D eigenvalue weighted by Gasteiger charge is 2.37. The van der Waals surface area contributed by atoms with E-state index in [9.17, 15) is 13.6 Å². The SMILES string of the molecule is CCN1C[C@@H](CC(=O)Cc2c(C)c(OCC3CN(C)C3)nn2-c2ccccc2)[C@H](c2ccc(F)c(F)c2)O1. The third kappa shape index (κ3) is 5.65. The minimum atomic E-state index is -0.922. The van der Waals surface area contributed by atoms with Crippen LogP contribution in [0.5, 0.6) is 5.88 Å². The lowest BCUT2D eigenvalue weighted by Gasteiger charge is -2.35. The normalized spacial score (nSPS) is 20.6. The molecule has 2 fully saturated rings. The number of hydroxylamine groups is 2. The number of carbonyl (C=O) groups is 1. The Morgan fingerprint density at radius 1 is 1.11 bits per heavy atom. The number of benzene rings is 2. The summed E-state index contributed by atoms with van der Waals surface area (Å²) in [5.74, 6) is -0.965. The van der Waals surface area contributed by atoms with Crippen LogP contribution >= 0.6 is 0 Å². The van der Waals surface area contributed by atoms with E-state index in [1.165, 1.54) is 6.07 Å². The topological polar surface area (TPSA) is 59.8 Å². The lowest BCUT2D eigenvalue weighted by Crippen LogP contribution is -2.46. The third-order valence-electron chi connectivity index (χ3n) is 7.40. The number of hydrogen-bond donors (Lipinski definition) is 0. The molecule has 38 heavy (non-hydrogen) atoms. The Morgan fingerprint density at radius 3 is 2.55 bits per heavy atom. The smallest absolute Gasteiger partial charge is 0.236 e. The molecular weight excluding hydrogens is 490 g/mol. The first-order valence-electron chi connectivity index (χ1n) is 13.2. The summed E-state index contributed by atoms with van der Waals surface area (Å²) in [6, 6.07) is 13.5. The van der Waals surface area contributed by atoms with Gasteiger partial charge in [0.05, 0.1) is 18.0 Å². The van der Waals surface area contributed by atoms with Crippen LogP contribution in [0, 0.1) is 30.4 Å². The molecule has 2 saturated heterocycles. The van der Waals surface area contributed by atoms with Crippen LogP contribution in [0.2, 0.25) is 0 Å². The van der Waals surface area contributed by atoms with Crippen LogP contribution < -0.4 is 4.74 Å². The van der Waals surface area contributed by atoms with Gasteiger partial charge in [0.2, 0.25) is 5.88 Å². The maximum atomic E-state index is 14.0. The molecule has 0 aliphatic carbocycles. The number of nitrogens with zero attached hydrogens (tertiary/aromatic N) is 4. The molecular formula is C29H34F2N4O3. The molecule has 3 heterocycles. The number of hydrogen-bond acceptors (Lipinski definition) is 6. The van der Waals surface area contributed by atoms with E-state index in [2.05, 4.69) is 11.9 Å². The fraction of sp³-hybridized carbons (Fsp3) is 0.448. The van der Waals surface area contributed by atoms with E-state index in [0.717, 1.165) is 42.2 Å². The first kappa shape index (κ1) is 26.5. The van der Waals surface area contributed by atoms with Crippen LogP contribution in [0.4, 0.5) is 8.78 Å². The number of para-hydroxylation sites is 1. The van der Waals surface area contributed by atoms with E-state index in [4.69, 9.17) is 14.7 Å². The average Bonchev–Trinajstić information content (AvgIpc) is 3.44. The Morgan fingerprint density at radius 2 is 1.87 bits per heavy atom. The molecule has 7 nitrogen and oxygen atoms in total. The Balaban J connectivity index is 1.35. The molecule has 0 spiro atoms. The van der Waals surface area contributed by atoms with Crippen molar-refractivity contribution in [2.24, 2.45) is 11.8 Å². The second kappa shape index (κ2) is 11.3. The highest BCUT2D eigenvalue weighted by Crippen LogP contribution is 2.37. The van der Waals surface area contributed by atoms with Gasteiger partial charge in [0.1, 0.15) is 11.9 Å². The molecule has 202 valence electrons. The third-order valence-corrected chi connectivity index (χ3v) is 7.40. The number of likely N-dealkylation sites (tertiary alicyclic amines) is 1. The summed E-state index contributed by atoms with van der Waals surface area (Å²) in [5.41, 5.74) is 3.03. The summed E-state index contributed by atoms with van der Waals surface area (Å²) in [6.07, 6.45) is -0.103. The molecule has 0 radical (unpaired) electrons. The molecule has 1 aromatic heterocycles. The number of ketones is 1. The number of ether oxygens (including phenoxy) is 1. The average molecular weight is 525 g/mol. The van der Waals surface area contributed by atoms with Gasteiger partial charge >= 0.3 is 0 Å². The predicted octanol–water partition coefficient (Wildman–Crippen LogP) is 4.53. The monoisotopic (exact) mass is 524 g/mol. The molecule has 5 rings (SSSR count). The van der Waals surface area contributed by atoms with Gasteiger partial charge in [-0.25, -0.2) is 13.5 Å². The summed E-state index contributed by atoms with van der Waals surface area (Å²) in [5, 5.41) is 6.51. The molecule has 2 aliphatic heterocycles. The van der Waals surface area contributed by atoms with Gasteiger partial charge in [-0.05, 0) is 43.8 Å². The first-order chi connectivity index (χ1) is 18.3. The minimum absolute atomic E-state index is 0.0245. The van der Waals surface area contributed by atoms with Gasteiger partial charge in [0.15, 0.2) is 11.6 Å². The summed E-state index contributed by atoms with van der Waals surface area (Å²) in [7, 11) is 2.09. The lowest BCUT2D eigenvalue weighted by atomic mass is 9.90. The van der Waals surface area contributed by atoms with E-state index in [-0.39, 0.29) is 24.5 Å². The van der Waals surface area contributed by atoms with Crippen LogP contribution in [-0.4, -0.2) is 65.4 Å². The summed E-state index contributed by atoms with van der Waals surface area (Å²) in [4.78, 5) is 21.7. The molecule has 0 saturated carbocycles. The van der Waals surface area contributed by atoms with E-state index in [1.807, 2.05) is 44.2 Å². The zero-order chi connectivity index (χ0) is 26.8. The van der Waals surface area contributed by atoms with Crippen molar-refractivity contribution in [2.45, 2.75) is 32.8 Å². The van der Waals surface area contributed by atoms with E-state index in [1.54, 1.807) is 9.75 Å². The van der Waals surface area contributed by atoms with Crippen molar-refractivity contribution >= 4 is 5.78 Å². The number of Topliss-reactive ketones (excluding diaryl/α,β-unsaturated/α-hetero) is 1. The Labute approximate surface area is 221 Å². The fourth-order valence-electron chi connectivity index (χ4n) is 5.36. The molecule has 2 aromatic carbocycles. The number of halogens is 2. The number of aromatic nitrogens is 2. The van der Waals surface area contributed by atoms with Gasteiger partial charge in [-0.3, -0.25) is 9.63 Å². The van der Waals surface area contributed by atoms with Crippen molar-refractivity contribution in [3.8, 4) is 11.6 Å². The molecule has 0 bridgehead atoms. The standard InChI is InChI=1S/C29H34F2N4O3/c1-4-34-17-22(28(38-34)21-10-11-25(30)26(31)13-21)12-24(36)14-27-19(2)29(37-18-20-15-33(3)16-20)32-35(27)23-8-6-5-7-9-23/h5-11,13,20,22,28H,4,12,14-18H2,1-3H3/t22-,28+/m1/s1. The number of carbonyl (C=O) groups excluding carboxylic acids is 1. The van der Waals surface area contributed by atoms with Crippen molar-refractivity contribution in [1.29, 1.82) is 0 Å². The molecule has 0 amide bonds. The highest BCUT2D eigenvalue weighted by molar-refractivity contribution is 5.81. The van der Waals surface area contributed by atoms with Gasteiger partial charge in [-0.15, -0.1) is 5.10 Å². The van der Waals surface area contributed by atoms with E-state index >= 15 is 0 Å². The molecule has 2 atom stereocenters. The molecule has 0 N–H and O–H groups in total. The maximum absolute atomic E-state index is 14.0. The zero-order valence-electron chi connectivity index (χ0n) is 22.1. The van der Waals surface area contributed by atoms with Gasteiger partial charge in [-0.1, -0.05) is 31.2 Å². The largest absolute Gasteiger partial charge is 0.476 e. The fourth-order valence-corrected chi connectivity index (χ4v) is 5.36. The Kier molecular flexibility index (Phi) is 7.88. The predicted molar refractivity (Wildman–Crippen MR) is 139 cm³/mol. The minimum Gasteiger partial charge on any atom is -0.476 e.